The van der Waals surface area contributed by atoms with Gasteiger partial charge in [0.25, 0.3) is 5.91 Å². The van der Waals surface area contributed by atoms with Gasteiger partial charge in [0.2, 0.25) is 5.95 Å². The number of carbonyl (C=O) groups is 1. The number of aliphatic imine (C=N–C) groups is 1. The summed E-state index contributed by atoms with van der Waals surface area (Å²) in [6, 6.07) is 8.58. The number of nitrogens with zero attached hydrogens (tertiary/aromatic N) is 7. The maximum absolute atomic E-state index is 13.7. The number of carbonyl (C=O) groups excluding carboxylic acids is 1. The zero-order valence-electron chi connectivity index (χ0n) is 24.4. The number of fused-ring (bicyclic) bond motifs is 1. The van der Waals surface area contributed by atoms with Gasteiger partial charge in [0, 0.05) is 56.9 Å². The molecule has 1 atom stereocenters. The van der Waals surface area contributed by atoms with E-state index < -0.39 is 23.8 Å². The highest BCUT2D eigenvalue weighted by Gasteiger charge is 2.32. The SMILES string of the molecule is Cc1ccc(C(=O)Nc2cc(N(C)CCN(C)C)cc(C(F)(F)F)c2)cc1NC1C=c2nc(N(C)C)ncc2=NC=N1. The molecule has 3 aromatic rings. The Morgan fingerprint density at radius 2 is 1.79 bits per heavy atom. The number of rotatable bonds is 9. The van der Waals surface area contributed by atoms with Crippen molar-refractivity contribution in [3.8, 4) is 0 Å². The molecule has 1 aliphatic heterocycles. The highest BCUT2D eigenvalue weighted by molar-refractivity contribution is 6.05. The van der Waals surface area contributed by atoms with Crippen molar-refractivity contribution in [3.05, 3.63) is 70.0 Å². The van der Waals surface area contributed by atoms with Crippen LogP contribution in [-0.4, -0.2) is 81.6 Å². The molecule has 0 aliphatic carbocycles. The monoisotopic (exact) mass is 581 g/mol. The van der Waals surface area contributed by atoms with Gasteiger partial charge in [-0.2, -0.15) is 13.2 Å². The Hall–Kier alpha value is -4.52. The van der Waals surface area contributed by atoms with Crippen LogP contribution in [0.25, 0.3) is 6.08 Å². The van der Waals surface area contributed by atoms with Crippen molar-refractivity contribution in [3.63, 3.8) is 0 Å². The Labute approximate surface area is 242 Å². The summed E-state index contributed by atoms with van der Waals surface area (Å²) < 4.78 is 41.1. The van der Waals surface area contributed by atoms with Crippen molar-refractivity contribution >= 4 is 41.3 Å². The molecule has 10 nitrogen and oxygen atoms in total. The molecule has 0 saturated carbocycles. The van der Waals surface area contributed by atoms with E-state index in [9.17, 15) is 18.0 Å². The summed E-state index contributed by atoms with van der Waals surface area (Å²) in [5.41, 5.74) is 1.29. The molecule has 0 fully saturated rings. The molecule has 2 aromatic carbocycles. The van der Waals surface area contributed by atoms with E-state index in [1.165, 1.54) is 12.4 Å². The van der Waals surface area contributed by atoms with Crippen molar-refractivity contribution in [2.75, 3.05) is 68.8 Å². The molecular weight excluding hydrogens is 547 g/mol. The number of anilines is 4. The summed E-state index contributed by atoms with van der Waals surface area (Å²) in [4.78, 5) is 36.2. The molecule has 1 unspecified atom stereocenters. The van der Waals surface area contributed by atoms with Crippen molar-refractivity contribution in [2.24, 2.45) is 9.98 Å². The van der Waals surface area contributed by atoms with Gasteiger partial charge in [-0.05, 0) is 63.0 Å². The van der Waals surface area contributed by atoms with Gasteiger partial charge in [-0.15, -0.1) is 0 Å². The van der Waals surface area contributed by atoms with Crippen LogP contribution >= 0.6 is 0 Å². The maximum atomic E-state index is 13.7. The van der Waals surface area contributed by atoms with E-state index in [4.69, 9.17) is 0 Å². The first-order valence-electron chi connectivity index (χ1n) is 13.2. The number of aryl methyl sites for hydroxylation is 1. The van der Waals surface area contributed by atoms with Gasteiger partial charge >= 0.3 is 6.18 Å². The minimum Gasteiger partial charge on any atom is -0.373 e. The van der Waals surface area contributed by atoms with E-state index in [2.05, 4.69) is 30.6 Å². The third-order valence-corrected chi connectivity index (χ3v) is 6.55. The standard InChI is InChI=1S/C29H34F3N9O/c1-18-7-8-19(11-23(18)37-26-15-24-25(34-17-35-26)16-33-28(38-24)40(4)5)27(42)36-21-12-20(29(30,31)32)13-22(14-21)41(6)10-9-39(2)3/h7-8,11-17,26,37H,9-10H2,1-6H3,(H,36,42). The fourth-order valence-corrected chi connectivity index (χ4v) is 4.08. The van der Waals surface area contributed by atoms with E-state index >= 15 is 0 Å². The van der Waals surface area contributed by atoms with Crippen LogP contribution in [-0.2, 0) is 6.18 Å². The quantitative estimate of drug-likeness (QED) is 0.401. The van der Waals surface area contributed by atoms with Crippen molar-refractivity contribution in [1.82, 2.24) is 14.9 Å². The largest absolute Gasteiger partial charge is 0.416 e. The number of halogens is 3. The van der Waals surface area contributed by atoms with E-state index in [-0.39, 0.29) is 11.3 Å². The summed E-state index contributed by atoms with van der Waals surface area (Å²) in [6.45, 7) is 3.03. The normalized spacial score (nSPS) is 14.4. The number of nitrogens with one attached hydrogen (secondary N) is 2. The number of hydrogen-bond acceptors (Lipinski definition) is 9. The molecule has 42 heavy (non-hydrogen) atoms. The molecule has 1 aromatic heterocycles. The maximum Gasteiger partial charge on any atom is 0.416 e. The van der Waals surface area contributed by atoms with Gasteiger partial charge in [0.05, 0.1) is 17.1 Å². The van der Waals surface area contributed by atoms with Gasteiger partial charge in [-0.1, -0.05) is 6.07 Å². The molecule has 2 heterocycles. The van der Waals surface area contributed by atoms with Gasteiger partial charge in [0.15, 0.2) is 0 Å². The molecule has 222 valence electrons. The number of alkyl halides is 3. The third-order valence-electron chi connectivity index (χ3n) is 6.55. The lowest BCUT2D eigenvalue weighted by Gasteiger charge is -2.23. The second-order valence-electron chi connectivity index (χ2n) is 10.5. The minimum atomic E-state index is -4.57. The highest BCUT2D eigenvalue weighted by atomic mass is 19.4. The predicted molar refractivity (Wildman–Crippen MR) is 160 cm³/mol. The molecule has 0 spiro atoms. The van der Waals surface area contributed by atoms with Crippen LogP contribution in [0.3, 0.4) is 0 Å². The van der Waals surface area contributed by atoms with Crippen LogP contribution in [0, 0.1) is 6.92 Å². The van der Waals surface area contributed by atoms with Crippen LogP contribution in [0.2, 0.25) is 0 Å². The summed E-state index contributed by atoms with van der Waals surface area (Å²) in [7, 11) is 9.17. The second-order valence-corrected chi connectivity index (χ2v) is 10.5. The average Bonchev–Trinajstić information content (AvgIpc) is 3.13. The van der Waals surface area contributed by atoms with Crippen LogP contribution in [0.15, 0.2) is 52.6 Å². The number of hydrogen-bond donors (Lipinski definition) is 2. The molecule has 4 rings (SSSR count). The lowest BCUT2D eigenvalue weighted by atomic mass is 10.1. The van der Waals surface area contributed by atoms with Gasteiger partial charge in [0.1, 0.15) is 17.9 Å². The van der Waals surface area contributed by atoms with E-state index in [0.717, 1.165) is 17.7 Å². The number of benzene rings is 2. The van der Waals surface area contributed by atoms with Crippen LogP contribution in [0.1, 0.15) is 21.5 Å². The topological polar surface area (TPSA) is 101 Å². The molecular formula is C29H34F3N9O. The predicted octanol–water partition coefficient (Wildman–Crippen LogP) is 3.00. The first-order chi connectivity index (χ1) is 19.8. The molecule has 13 heteroatoms. The Morgan fingerprint density at radius 3 is 2.48 bits per heavy atom. The van der Waals surface area contributed by atoms with Gasteiger partial charge < -0.3 is 25.3 Å². The Morgan fingerprint density at radius 1 is 1.02 bits per heavy atom. The summed E-state index contributed by atoms with van der Waals surface area (Å²) in [5, 5.41) is 7.11. The van der Waals surface area contributed by atoms with Crippen LogP contribution in [0.4, 0.5) is 36.2 Å². The molecule has 0 saturated heterocycles. The van der Waals surface area contributed by atoms with Crippen molar-refractivity contribution < 1.29 is 18.0 Å². The number of aromatic nitrogens is 2. The lowest BCUT2D eigenvalue weighted by molar-refractivity contribution is -0.137. The third kappa shape index (κ3) is 7.60. The number of amides is 1. The minimum absolute atomic E-state index is 0.0490. The second kappa shape index (κ2) is 12.6. The van der Waals surface area contributed by atoms with Crippen LogP contribution in [0.5, 0.6) is 0 Å². The first-order valence-corrected chi connectivity index (χ1v) is 13.2. The zero-order chi connectivity index (χ0) is 30.6. The average molecular weight is 582 g/mol. The van der Waals surface area contributed by atoms with Gasteiger partial charge in [-0.3, -0.25) is 4.79 Å². The zero-order valence-corrected chi connectivity index (χ0v) is 24.4. The summed E-state index contributed by atoms with van der Waals surface area (Å²) in [5.74, 6) is -0.0197. The fourth-order valence-electron chi connectivity index (χ4n) is 4.08. The van der Waals surface area contributed by atoms with Crippen molar-refractivity contribution in [2.45, 2.75) is 19.3 Å². The highest BCUT2D eigenvalue weighted by Crippen LogP contribution is 2.34. The van der Waals surface area contributed by atoms with E-state index in [1.54, 1.807) is 47.3 Å². The van der Waals surface area contributed by atoms with Crippen molar-refractivity contribution in [1.29, 1.82) is 0 Å². The molecule has 0 bridgehead atoms. The summed E-state index contributed by atoms with van der Waals surface area (Å²) in [6.07, 6.45) is -0.262. The molecule has 2 N–H and O–H groups in total. The molecule has 1 amide bonds. The fraction of sp³-hybridized carbons (Fsp3) is 0.345. The summed E-state index contributed by atoms with van der Waals surface area (Å²) >= 11 is 0. The number of likely N-dealkylation sites (N-methyl/N-ethyl adjacent to an activating group) is 2. The molecule has 1 aliphatic rings. The Kier molecular flexibility index (Phi) is 9.10. The van der Waals surface area contributed by atoms with E-state index in [1.807, 2.05) is 40.0 Å². The first kappa shape index (κ1) is 30.4. The van der Waals surface area contributed by atoms with Gasteiger partial charge in [-0.25, -0.2) is 20.0 Å². The Bertz CT molecular complexity index is 1600. The van der Waals surface area contributed by atoms with Crippen LogP contribution < -0.4 is 31.1 Å². The lowest BCUT2D eigenvalue weighted by Crippen LogP contribution is -2.33. The smallest absolute Gasteiger partial charge is 0.373 e. The molecule has 0 radical (unpaired) electrons. The Balaban J connectivity index is 1.58. The van der Waals surface area contributed by atoms with E-state index in [0.29, 0.717) is 41.1 Å².